The van der Waals surface area contributed by atoms with Crippen molar-refractivity contribution in [1.29, 1.82) is 0 Å². The highest BCUT2D eigenvalue weighted by molar-refractivity contribution is 9.10. The van der Waals surface area contributed by atoms with Gasteiger partial charge >= 0.3 is 0 Å². The Labute approximate surface area is 83.4 Å². The molecule has 0 saturated carbocycles. The first-order valence-corrected chi connectivity index (χ1v) is 4.45. The maximum absolute atomic E-state index is 12.9. The lowest BCUT2D eigenvalue weighted by Gasteiger charge is -1.98. The highest BCUT2D eigenvalue weighted by Gasteiger charge is 2.06. The first-order valence-electron chi connectivity index (χ1n) is 3.66. The van der Waals surface area contributed by atoms with Gasteiger partial charge in [-0.3, -0.25) is 0 Å². The van der Waals surface area contributed by atoms with Crippen LogP contribution in [0.3, 0.4) is 0 Å². The van der Waals surface area contributed by atoms with Crippen LogP contribution in [0.5, 0.6) is 0 Å². The normalized spacial score (nSPS) is 11.1. The molecule has 0 amide bonds. The predicted octanol–water partition coefficient (Wildman–Crippen LogP) is 2.70. The highest BCUT2D eigenvalue weighted by atomic mass is 79.9. The molecule has 0 aliphatic heterocycles. The lowest BCUT2D eigenvalue weighted by atomic mass is 10.2. The molecule has 0 aliphatic carbocycles. The molecule has 2 N–H and O–H groups in total. The van der Waals surface area contributed by atoms with Crippen LogP contribution >= 0.6 is 15.9 Å². The predicted molar refractivity (Wildman–Crippen MR) is 52.1 cm³/mol. The van der Waals surface area contributed by atoms with Crippen LogP contribution < -0.4 is 5.73 Å². The molecule has 13 heavy (non-hydrogen) atoms. The summed E-state index contributed by atoms with van der Waals surface area (Å²) in [5, 5.41) is 0. The van der Waals surface area contributed by atoms with E-state index in [1.165, 1.54) is 12.1 Å². The van der Waals surface area contributed by atoms with E-state index in [1.807, 2.05) is 0 Å². The summed E-state index contributed by atoms with van der Waals surface area (Å²) in [6.45, 7) is 0.347. The Morgan fingerprint density at radius 1 is 1.31 bits per heavy atom. The fourth-order valence-corrected chi connectivity index (χ4v) is 1.10. The first kappa shape index (κ1) is 10.3. The fourth-order valence-electron chi connectivity index (χ4n) is 0.875. The Bertz CT molecular complexity index is 313. The number of hydrogen-bond donors (Lipinski definition) is 1. The second-order valence-corrected chi connectivity index (χ2v) is 3.23. The van der Waals surface area contributed by atoms with Gasteiger partial charge in [0, 0.05) is 6.54 Å². The van der Waals surface area contributed by atoms with Crippen molar-refractivity contribution >= 4 is 22.0 Å². The molecule has 0 saturated heterocycles. The zero-order valence-corrected chi connectivity index (χ0v) is 8.31. The summed E-state index contributed by atoms with van der Waals surface area (Å²) >= 11 is 2.78. The zero-order valence-electron chi connectivity index (χ0n) is 6.73. The monoisotopic (exact) mass is 247 g/mol. The van der Waals surface area contributed by atoms with Crippen LogP contribution in [0.1, 0.15) is 5.56 Å². The van der Waals surface area contributed by atoms with Gasteiger partial charge in [-0.2, -0.15) is 0 Å². The molecule has 0 heterocycles. The van der Waals surface area contributed by atoms with Gasteiger partial charge in [-0.05, 0) is 33.6 Å². The summed E-state index contributed by atoms with van der Waals surface area (Å²) in [7, 11) is 0. The molecular weight excluding hydrogens is 240 g/mol. The van der Waals surface area contributed by atoms with Crippen molar-refractivity contribution in [3.05, 3.63) is 39.9 Å². The Balaban J connectivity index is 3.06. The Morgan fingerprint density at radius 2 is 1.85 bits per heavy atom. The van der Waals surface area contributed by atoms with Gasteiger partial charge in [-0.15, -0.1) is 0 Å². The molecule has 0 aromatic heterocycles. The van der Waals surface area contributed by atoms with Gasteiger partial charge in [0.25, 0.3) is 0 Å². The molecular formula is C9H8BrF2N. The zero-order chi connectivity index (χ0) is 9.84. The minimum absolute atomic E-state index is 0.141. The minimum atomic E-state index is -0.614. The molecule has 4 heteroatoms. The van der Waals surface area contributed by atoms with Crippen LogP contribution in [0, 0.1) is 11.6 Å². The maximum atomic E-state index is 12.9. The quantitative estimate of drug-likeness (QED) is 0.800. The molecule has 1 aromatic rings. The van der Waals surface area contributed by atoms with Crippen molar-refractivity contribution < 1.29 is 8.78 Å². The van der Waals surface area contributed by atoms with Gasteiger partial charge in [-0.1, -0.05) is 12.2 Å². The van der Waals surface area contributed by atoms with E-state index in [9.17, 15) is 8.78 Å². The van der Waals surface area contributed by atoms with Crippen molar-refractivity contribution in [2.45, 2.75) is 0 Å². The second-order valence-electron chi connectivity index (χ2n) is 2.44. The summed E-state index contributed by atoms with van der Waals surface area (Å²) in [4.78, 5) is 0. The van der Waals surface area contributed by atoms with Gasteiger partial charge in [0.15, 0.2) is 0 Å². The van der Waals surface area contributed by atoms with Crippen molar-refractivity contribution in [3.63, 3.8) is 0 Å². The summed E-state index contributed by atoms with van der Waals surface area (Å²) in [6.07, 6.45) is 3.20. The Morgan fingerprint density at radius 3 is 2.31 bits per heavy atom. The maximum Gasteiger partial charge on any atom is 0.140 e. The van der Waals surface area contributed by atoms with Gasteiger partial charge in [0.05, 0.1) is 4.47 Å². The summed E-state index contributed by atoms with van der Waals surface area (Å²) in [5.74, 6) is -1.23. The van der Waals surface area contributed by atoms with Crippen molar-refractivity contribution in [1.82, 2.24) is 0 Å². The first-order chi connectivity index (χ1) is 6.15. The van der Waals surface area contributed by atoms with Gasteiger partial charge in [0.2, 0.25) is 0 Å². The third kappa shape index (κ3) is 2.60. The minimum Gasteiger partial charge on any atom is -0.327 e. The van der Waals surface area contributed by atoms with E-state index in [4.69, 9.17) is 5.73 Å². The topological polar surface area (TPSA) is 26.0 Å². The van der Waals surface area contributed by atoms with Crippen molar-refractivity contribution in [3.8, 4) is 0 Å². The summed E-state index contributed by atoms with van der Waals surface area (Å²) in [6, 6.07) is 2.47. The number of halogens is 3. The van der Waals surface area contributed by atoms with Crippen LogP contribution in [-0.4, -0.2) is 6.54 Å². The van der Waals surface area contributed by atoms with Gasteiger partial charge in [0.1, 0.15) is 11.6 Å². The van der Waals surface area contributed by atoms with E-state index < -0.39 is 11.6 Å². The van der Waals surface area contributed by atoms with E-state index in [-0.39, 0.29) is 4.47 Å². The smallest absolute Gasteiger partial charge is 0.140 e. The fraction of sp³-hybridized carbons (Fsp3) is 0.111. The van der Waals surface area contributed by atoms with Crippen LogP contribution in [0.2, 0.25) is 0 Å². The van der Waals surface area contributed by atoms with E-state index in [0.29, 0.717) is 12.1 Å². The molecule has 1 nitrogen and oxygen atoms in total. The average Bonchev–Trinajstić information content (AvgIpc) is 2.10. The summed E-state index contributed by atoms with van der Waals surface area (Å²) in [5.41, 5.74) is 5.66. The van der Waals surface area contributed by atoms with Crippen LogP contribution in [0.4, 0.5) is 8.78 Å². The van der Waals surface area contributed by atoms with E-state index >= 15 is 0 Å². The van der Waals surface area contributed by atoms with Crippen LogP contribution in [0.25, 0.3) is 6.08 Å². The van der Waals surface area contributed by atoms with Gasteiger partial charge < -0.3 is 5.73 Å². The molecule has 0 atom stereocenters. The molecule has 0 aliphatic rings. The van der Waals surface area contributed by atoms with Crippen LogP contribution in [0.15, 0.2) is 22.7 Å². The largest absolute Gasteiger partial charge is 0.327 e. The summed E-state index contributed by atoms with van der Waals surface area (Å²) < 4.78 is 25.7. The lowest BCUT2D eigenvalue weighted by molar-refractivity contribution is 0.571. The number of nitrogens with two attached hydrogens (primary N) is 1. The molecule has 70 valence electrons. The lowest BCUT2D eigenvalue weighted by Crippen LogP contribution is -1.92. The third-order valence-corrected chi connectivity index (χ3v) is 2.21. The number of hydrogen-bond acceptors (Lipinski definition) is 1. The molecule has 0 radical (unpaired) electrons. The van der Waals surface area contributed by atoms with Crippen LogP contribution in [-0.2, 0) is 0 Å². The Kier molecular flexibility index (Phi) is 3.57. The van der Waals surface area contributed by atoms with Crippen molar-refractivity contribution in [2.24, 2.45) is 5.73 Å². The molecule has 0 fully saturated rings. The molecule has 0 bridgehead atoms. The average molecular weight is 248 g/mol. The SMILES string of the molecule is NC/C=C/c1cc(F)c(Br)c(F)c1. The van der Waals surface area contributed by atoms with Crippen molar-refractivity contribution in [2.75, 3.05) is 6.54 Å². The highest BCUT2D eigenvalue weighted by Crippen LogP contribution is 2.21. The van der Waals surface area contributed by atoms with E-state index in [0.717, 1.165) is 0 Å². The standard InChI is InChI=1S/C9H8BrF2N/c10-9-7(11)4-6(2-1-3-13)5-8(9)12/h1-2,4-5H,3,13H2/b2-1+. The Hall–Kier alpha value is -0.740. The van der Waals surface area contributed by atoms with E-state index in [1.54, 1.807) is 12.2 Å². The second kappa shape index (κ2) is 4.48. The third-order valence-electron chi connectivity index (χ3n) is 1.45. The molecule has 1 aromatic carbocycles. The number of benzene rings is 1. The number of rotatable bonds is 2. The molecule has 0 spiro atoms. The van der Waals surface area contributed by atoms with E-state index in [2.05, 4.69) is 15.9 Å². The van der Waals surface area contributed by atoms with Gasteiger partial charge in [-0.25, -0.2) is 8.78 Å². The molecule has 0 unspecified atom stereocenters. The molecule has 1 rings (SSSR count).